The molecule has 0 saturated carbocycles. The van der Waals surface area contributed by atoms with Crippen LogP contribution >= 0.6 is 0 Å². The Hall–Kier alpha value is -1.29. The zero-order valence-corrected chi connectivity index (χ0v) is 11.3. The van der Waals surface area contributed by atoms with Crippen LogP contribution in [0.5, 0.6) is 0 Å². The van der Waals surface area contributed by atoms with Crippen LogP contribution in [0.2, 0.25) is 0 Å². The quantitative estimate of drug-likeness (QED) is 0.897. The Labute approximate surface area is 108 Å². The third kappa shape index (κ3) is 2.17. The van der Waals surface area contributed by atoms with Crippen LogP contribution < -0.4 is 0 Å². The Morgan fingerprint density at radius 1 is 1.50 bits per heavy atom. The number of carboxylic acids is 1. The largest absolute Gasteiger partial charge is 0.480 e. The van der Waals surface area contributed by atoms with E-state index in [-0.39, 0.29) is 6.04 Å². The summed E-state index contributed by atoms with van der Waals surface area (Å²) in [5.74, 6) is 0.977. The van der Waals surface area contributed by atoms with Crippen molar-refractivity contribution >= 4 is 5.97 Å². The number of aryl methyl sites for hydroxylation is 1. The Morgan fingerprint density at radius 3 is 2.78 bits per heavy atom. The number of hydrogen-bond donors (Lipinski definition) is 1. The standard InChI is InChI=1S/C14H21NO3/c1-10-6-7-12(18-10)11(2)15-9-5-4-8-14(15,3)13(16)17/h6-7,11H,4-5,8-9H2,1-3H3,(H,16,17). The Morgan fingerprint density at radius 2 is 2.22 bits per heavy atom. The lowest BCUT2D eigenvalue weighted by molar-refractivity contribution is -0.155. The first kappa shape index (κ1) is 13.1. The SMILES string of the molecule is Cc1ccc(C(C)N2CCCCC2(C)C(=O)O)o1. The van der Waals surface area contributed by atoms with Gasteiger partial charge in [0.15, 0.2) is 0 Å². The summed E-state index contributed by atoms with van der Waals surface area (Å²) < 4.78 is 5.64. The van der Waals surface area contributed by atoms with Crippen molar-refractivity contribution < 1.29 is 14.3 Å². The van der Waals surface area contributed by atoms with Gasteiger partial charge in [0, 0.05) is 0 Å². The van der Waals surface area contributed by atoms with Gasteiger partial charge in [-0.2, -0.15) is 0 Å². The molecule has 4 nitrogen and oxygen atoms in total. The molecule has 1 saturated heterocycles. The van der Waals surface area contributed by atoms with Gasteiger partial charge in [0.2, 0.25) is 0 Å². The highest BCUT2D eigenvalue weighted by atomic mass is 16.4. The van der Waals surface area contributed by atoms with E-state index in [1.54, 1.807) is 0 Å². The minimum absolute atomic E-state index is 0.0000926. The highest BCUT2D eigenvalue weighted by Gasteiger charge is 2.44. The summed E-state index contributed by atoms with van der Waals surface area (Å²) in [5, 5.41) is 9.50. The number of likely N-dealkylation sites (tertiary alicyclic amines) is 1. The van der Waals surface area contributed by atoms with Gasteiger partial charge in [-0.25, -0.2) is 0 Å². The predicted octanol–water partition coefficient (Wildman–Crippen LogP) is 2.98. The third-order valence-corrected chi connectivity index (χ3v) is 4.05. The van der Waals surface area contributed by atoms with Gasteiger partial charge < -0.3 is 9.52 Å². The van der Waals surface area contributed by atoms with Gasteiger partial charge in [-0.3, -0.25) is 9.69 Å². The smallest absolute Gasteiger partial charge is 0.323 e. The summed E-state index contributed by atoms with van der Waals surface area (Å²) in [5.41, 5.74) is -0.779. The maximum Gasteiger partial charge on any atom is 0.323 e. The van der Waals surface area contributed by atoms with Crippen LogP contribution in [-0.2, 0) is 4.79 Å². The molecule has 1 aromatic heterocycles. The summed E-state index contributed by atoms with van der Waals surface area (Å²) in [6.45, 7) is 6.55. The van der Waals surface area contributed by atoms with Gasteiger partial charge >= 0.3 is 5.97 Å². The molecule has 0 amide bonds. The molecule has 0 aromatic carbocycles. The van der Waals surface area contributed by atoms with Gasteiger partial charge in [0.25, 0.3) is 0 Å². The fraction of sp³-hybridized carbons (Fsp3) is 0.643. The fourth-order valence-corrected chi connectivity index (χ4v) is 2.82. The van der Waals surface area contributed by atoms with Crippen LogP contribution in [0.25, 0.3) is 0 Å². The monoisotopic (exact) mass is 251 g/mol. The molecule has 4 heteroatoms. The lowest BCUT2D eigenvalue weighted by atomic mass is 9.87. The zero-order valence-electron chi connectivity index (χ0n) is 11.3. The molecule has 0 spiro atoms. The first-order valence-electron chi connectivity index (χ1n) is 6.51. The average Bonchev–Trinajstić information content (AvgIpc) is 2.75. The molecular formula is C14H21NO3. The minimum atomic E-state index is -0.779. The molecule has 2 heterocycles. The summed E-state index contributed by atoms with van der Waals surface area (Å²) >= 11 is 0. The maximum absolute atomic E-state index is 11.6. The van der Waals surface area contributed by atoms with Crippen molar-refractivity contribution in [1.82, 2.24) is 4.90 Å². The van der Waals surface area contributed by atoms with Gasteiger partial charge in [0.1, 0.15) is 17.1 Å². The van der Waals surface area contributed by atoms with E-state index < -0.39 is 11.5 Å². The zero-order chi connectivity index (χ0) is 13.3. The topological polar surface area (TPSA) is 53.7 Å². The molecule has 1 aliphatic rings. The summed E-state index contributed by atoms with van der Waals surface area (Å²) in [6.07, 6.45) is 2.72. The van der Waals surface area contributed by atoms with E-state index in [1.807, 2.05) is 32.9 Å². The van der Waals surface area contributed by atoms with Crippen LogP contribution in [0.3, 0.4) is 0 Å². The van der Waals surface area contributed by atoms with E-state index in [0.717, 1.165) is 30.9 Å². The Bertz CT molecular complexity index is 440. The first-order valence-corrected chi connectivity index (χ1v) is 6.51. The highest BCUT2D eigenvalue weighted by Crippen LogP contribution is 2.36. The Balaban J connectivity index is 2.26. The Kier molecular flexibility index (Phi) is 3.48. The number of hydrogen-bond acceptors (Lipinski definition) is 3. The van der Waals surface area contributed by atoms with E-state index in [9.17, 15) is 9.90 Å². The van der Waals surface area contributed by atoms with Crippen molar-refractivity contribution in [3.8, 4) is 0 Å². The predicted molar refractivity (Wildman–Crippen MR) is 68.5 cm³/mol. The number of carboxylic acid groups (broad SMARTS) is 1. The molecule has 1 N–H and O–H groups in total. The molecule has 1 aliphatic heterocycles. The van der Waals surface area contributed by atoms with Crippen molar-refractivity contribution in [3.63, 3.8) is 0 Å². The number of rotatable bonds is 3. The van der Waals surface area contributed by atoms with Crippen LogP contribution in [0.1, 0.15) is 50.7 Å². The van der Waals surface area contributed by atoms with Crippen molar-refractivity contribution in [2.24, 2.45) is 0 Å². The second kappa shape index (κ2) is 4.76. The van der Waals surface area contributed by atoms with E-state index in [1.165, 1.54) is 0 Å². The van der Waals surface area contributed by atoms with E-state index in [2.05, 4.69) is 4.90 Å². The number of piperidine rings is 1. The lowest BCUT2D eigenvalue weighted by Crippen LogP contribution is -2.55. The molecule has 2 rings (SSSR count). The summed E-state index contributed by atoms with van der Waals surface area (Å²) in [7, 11) is 0. The van der Waals surface area contributed by atoms with E-state index >= 15 is 0 Å². The highest BCUT2D eigenvalue weighted by molar-refractivity contribution is 5.78. The molecule has 0 aliphatic carbocycles. The van der Waals surface area contributed by atoms with E-state index in [0.29, 0.717) is 6.42 Å². The molecule has 0 bridgehead atoms. The molecule has 1 aromatic rings. The second-order valence-electron chi connectivity index (χ2n) is 5.35. The van der Waals surface area contributed by atoms with Crippen molar-refractivity contribution in [3.05, 3.63) is 23.7 Å². The molecule has 1 fully saturated rings. The summed E-state index contributed by atoms with van der Waals surface area (Å²) in [4.78, 5) is 13.6. The van der Waals surface area contributed by atoms with Crippen molar-refractivity contribution in [2.75, 3.05) is 6.54 Å². The molecule has 0 radical (unpaired) electrons. The number of furan rings is 1. The van der Waals surface area contributed by atoms with Crippen LogP contribution in [0.15, 0.2) is 16.5 Å². The fourth-order valence-electron chi connectivity index (χ4n) is 2.82. The van der Waals surface area contributed by atoms with Crippen molar-refractivity contribution in [2.45, 2.75) is 51.6 Å². The van der Waals surface area contributed by atoms with Gasteiger partial charge in [0.05, 0.1) is 6.04 Å². The van der Waals surface area contributed by atoms with Gasteiger partial charge in [-0.1, -0.05) is 0 Å². The number of carbonyl (C=O) groups is 1. The third-order valence-electron chi connectivity index (χ3n) is 4.05. The molecule has 2 atom stereocenters. The molecule has 100 valence electrons. The van der Waals surface area contributed by atoms with Crippen molar-refractivity contribution in [1.29, 1.82) is 0 Å². The maximum atomic E-state index is 11.6. The number of aliphatic carboxylic acids is 1. The second-order valence-corrected chi connectivity index (χ2v) is 5.35. The lowest BCUT2D eigenvalue weighted by Gasteiger charge is -2.44. The van der Waals surface area contributed by atoms with E-state index in [4.69, 9.17) is 4.42 Å². The van der Waals surface area contributed by atoms with Crippen LogP contribution in [0.4, 0.5) is 0 Å². The van der Waals surface area contributed by atoms with Gasteiger partial charge in [-0.05, 0) is 58.7 Å². The number of nitrogens with zero attached hydrogens (tertiary/aromatic N) is 1. The first-order chi connectivity index (χ1) is 8.45. The summed E-state index contributed by atoms with van der Waals surface area (Å²) in [6, 6.07) is 3.87. The van der Waals surface area contributed by atoms with Crippen LogP contribution in [0, 0.1) is 6.92 Å². The minimum Gasteiger partial charge on any atom is -0.480 e. The normalized spacial score (nSPS) is 27.1. The molecular weight excluding hydrogens is 230 g/mol. The van der Waals surface area contributed by atoms with Gasteiger partial charge in [-0.15, -0.1) is 0 Å². The molecule has 18 heavy (non-hydrogen) atoms. The molecule has 2 unspecified atom stereocenters. The van der Waals surface area contributed by atoms with Crippen LogP contribution in [-0.4, -0.2) is 28.1 Å². The average molecular weight is 251 g/mol.